The number of hydrogen-bond acceptors (Lipinski definition) is 3. The first-order valence-electron chi connectivity index (χ1n) is 5.76. The molecule has 0 aliphatic rings. The number of carboxylic acids is 1. The fourth-order valence-corrected chi connectivity index (χ4v) is 1.45. The first kappa shape index (κ1) is 15.8. The van der Waals surface area contributed by atoms with Crippen LogP contribution in [0.2, 0.25) is 0 Å². The van der Waals surface area contributed by atoms with Crippen molar-refractivity contribution in [3.8, 4) is 0 Å². The van der Waals surface area contributed by atoms with Gasteiger partial charge in [-0.15, -0.1) is 0 Å². The summed E-state index contributed by atoms with van der Waals surface area (Å²) in [5.74, 6) is -2.63. The van der Waals surface area contributed by atoms with Gasteiger partial charge in [-0.25, -0.2) is 18.4 Å². The van der Waals surface area contributed by atoms with Crippen molar-refractivity contribution in [2.24, 2.45) is 0 Å². The van der Waals surface area contributed by atoms with Gasteiger partial charge in [-0.2, -0.15) is 0 Å². The molecule has 6 nitrogen and oxygen atoms in total. The van der Waals surface area contributed by atoms with E-state index in [1.807, 2.05) is 0 Å². The molecule has 0 saturated carbocycles. The average molecular weight is 288 g/mol. The van der Waals surface area contributed by atoms with Crippen LogP contribution in [0.3, 0.4) is 0 Å². The lowest BCUT2D eigenvalue weighted by molar-refractivity contribution is -0.139. The van der Waals surface area contributed by atoms with Gasteiger partial charge in [0.1, 0.15) is 17.7 Å². The van der Waals surface area contributed by atoms with Gasteiger partial charge < -0.3 is 20.8 Å². The van der Waals surface area contributed by atoms with Crippen molar-refractivity contribution in [2.45, 2.75) is 19.0 Å². The molecule has 0 heterocycles. The summed E-state index contributed by atoms with van der Waals surface area (Å²) in [6.07, 6.45) is -0.156. The van der Waals surface area contributed by atoms with Crippen LogP contribution in [0.15, 0.2) is 18.2 Å². The number of nitrogens with one attached hydrogen (secondary N) is 2. The Bertz CT molecular complexity index is 496. The normalized spacial score (nSPS) is 11.8. The van der Waals surface area contributed by atoms with Gasteiger partial charge in [0.15, 0.2) is 0 Å². The Labute approximate surface area is 113 Å². The Morgan fingerprint density at radius 3 is 2.60 bits per heavy atom. The Balaban J connectivity index is 2.54. The number of benzene rings is 1. The average Bonchev–Trinajstić information content (AvgIpc) is 2.39. The van der Waals surface area contributed by atoms with Crippen LogP contribution in [0.4, 0.5) is 13.6 Å². The molecule has 110 valence electrons. The second-order valence-corrected chi connectivity index (χ2v) is 3.97. The predicted octanol–water partition coefficient (Wildman–Crippen LogP) is 0.600. The van der Waals surface area contributed by atoms with Crippen LogP contribution >= 0.6 is 0 Å². The molecule has 0 saturated heterocycles. The third kappa shape index (κ3) is 4.81. The topological polar surface area (TPSA) is 98.7 Å². The van der Waals surface area contributed by atoms with Gasteiger partial charge in [-0.3, -0.25) is 0 Å². The van der Waals surface area contributed by atoms with Crippen LogP contribution in [0.1, 0.15) is 12.0 Å². The molecule has 20 heavy (non-hydrogen) atoms. The zero-order valence-electron chi connectivity index (χ0n) is 10.4. The molecule has 0 bridgehead atoms. The Morgan fingerprint density at radius 1 is 1.30 bits per heavy atom. The molecule has 1 atom stereocenters. The number of aliphatic carboxylic acids is 1. The smallest absolute Gasteiger partial charge is 0.326 e. The molecule has 4 N–H and O–H groups in total. The standard InChI is InChI=1S/C12H14F2N2O4/c13-8-1-2-9(14)7(5-8)6-15-12(20)16-10(3-4-17)11(18)19/h1-2,5,10,17H,3-4,6H2,(H,18,19)(H2,15,16,20)/t10-/m0/s1. The minimum atomic E-state index is -1.30. The molecule has 1 rings (SSSR count). The zero-order valence-corrected chi connectivity index (χ0v) is 10.4. The quantitative estimate of drug-likeness (QED) is 0.616. The first-order valence-corrected chi connectivity index (χ1v) is 5.76. The molecule has 0 aromatic heterocycles. The minimum absolute atomic E-state index is 0.0609. The van der Waals surface area contributed by atoms with Crippen molar-refractivity contribution in [3.63, 3.8) is 0 Å². The summed E-state index contributed by atoms with van der Waals surface area (Å²) >= 11 is 0. The van der Waals surface area contributed by atoms with E-state index < -0.39 is 36.3 Å². The summed E-state index contributed by atoms with van der Waals surface area (Å²) < 4.78 is 26.2. The number of amides is 2. The molecular formula is C12H14F2N2O4. The van der Waals surface area contributed by atoms with E-state index >= 15 is 0 Å². The number of carboxylic acid groups (broad SMARTS) is 1. The van der Waals surface area contributed by atoms with Crippen molar-refractivity contribution in [2.75, 3.05) is 6.61 Å². The van der Waals surface area contributed by atoms with Crippen molar-refractivity contribution in [3.05, 3.63) is 35.4 Å². The maximum Gasteiger partial charge on any atom is 0.326 e. The van der Waals surface area contributed by atoms with Gasteiger partial charge in [-0.1, -0.05) is 0 Å². The minimum Gasteiger partial charge on any atom is -0.480 e. The van der Waals surface area contributed by atoms with E-state index in [2.05, 4.69) is 10.6 Å². The van der Waals surface area contributed by atoms with Gasteiger partial charge in [0.2, 0.25) is 0 Å². The summed E-state index contributed by atoms with van der Waals surface area (Å²) in [6.45, 7) is -0.698. The summed E-state index contributed by atoms with van der Waals surface area (Å²) in [6, 6.07) is 0.696. The molecule has 0 unspecified atom stereocenters. The molecule has 1 aromatic rings. The number of urea groups is 1. The van der Waals surface area contributed by atoms with Gasteiger partial charge in [0.25, 0.3) is 0 Å². The van der Waals surface area contributed by atoms with Crippen molar-refractivity contribution in [1.29, 1.82) is 0 Å². The molecule has 0 fully saturated rings. The number of carbonyl (C=O) groups is 2. The van der Waals surface area contributed by atoms with E-state index in [4.69, 9.17) is 10.2 Å². The van der Waals surface area contributed by atoms with E-state index in [0.29, 0.717) is 0 Å². The van der Waals surface area contributed by atoms with Crippen LogP contribution < -0.4 is 10.6 Å². The van der Waals surface area contributed by atoms with Crippen LogP contribution in [0, 0.1) is 11.6 Å². The largest absolute Gasteiger partial charge is 0.480 e. The van der Waals surface area contributed by atoms with E-state index in [0.717, 1.165) is 18.2 Å². The highest BCUT2D eigenvalue weighted by Crippen LogP contribution is 2.09. The fourth-order valence-electron chi connectivity index (χ4n) is 1.45. The second-order valence-electron chi connectivity index (χ2n) is 3.97. The molecule has 0 spiro atoms. The highest BCUT2D eigenvalue weighted by Gasteiger charge is 2.19. The third-order valence-electron chi connectivity index (χ3n) is 2.47. The number of aliphatic hydroxyl groups excluding tert-OH is 1. The van der Waals surface area contributed by atoms with E-state index in [1.165, 1.54) is 0 Å². The first-order chi connectivity index (χ1) is 9.43. The summed E-state index contributed by atoms with van der Waals surface area (Å²) in [5, 5.41) is 21.7. The summed E-state index contributed by atoms with van der Waals surface area (Å²) in [4.78, 5) is 22.2. The number of rotatable bonds is 6. The molecular weight excluding hydrogens is 274 g/mol. The maximum absolute atomic E-state index is 13.3. The molecule has 2 amide bonds. The lowest BCUT2D eigenvalue weighted by Crippen LogP contribution is -2.46. The van der Waals surface area contributed by atoms with Crippen molar-refractivity contribution >= 4 is 12.0 Å². The highest BCUT2D eigenvalue weighted by atomic mass is 19.1. The van der Waals surface area contributed by atoms with E-state index in [-0.39, 0.29) is 18.5 Å². The van der Waals surface area contributed by atoms with Crippen molar-refractivity contribution < 1.29 is 28.6 Å². The molecule has 0 aliphatic heterocycles. The van der Waals surface area contributed by atoms with Gasteiger partial charge in [-0.05, 0) is 18.2 Å². The van der Waals surface area contributed by atoms with Crippen LogP contribution in [-0.2, 0) is 11.3 Å². The number of aliphatic hydroxyl groups is 1. The highest BCUT2D eigenvalue weighted by molar-refractivity contribution is 5.82. The number of hydrogen-bond donors (Lipinski definition) is 4. The van der Waals surface area contributed by atoms with E-state index in [9.17, 15) is 18.4 Å². The van der Waals surface area contributed by atoms with Gasteiger partial charge >= 0.3 is 12.0 Å². The van der Waals surface area contributed by atoms with E-state index in [1.54, 1.807) is 0 Å². The summed E-state index contributed by atoms with van der Waals surface area (Å²) in [5.41, 5.74) is -0.0609. The summed E-state index contributed by atoms with van der Waals surface area (Å²) in [7, 11) is 0. The van der Waals surface area contributed by atoms with Crippen molar-refractivity contribution in [1.82, 2.24) is 10.6 Å². The SMILES string of the molecule is O=C(NCc1cc(F)ccc1F)N[C@@H](CCO)C(=O)O. The Morgan fingerprint density at radius 2 is 2.00 bits per heavy atom. The lowest BCUT2D eigenvalue weighted by atomic mass is 10.2. The monoisotopic (exact) mass is 288 g/mol. The van der Waals surface area contributed by atoms with Crippen LogP contribution in [0.5, 0.6) is 0 Å². The van der Waals surface area contributed by atoms with Crippen LogP contribution in [0.25, 0.3) is 0 Å². The third-order valence-corrected chi connectivity index (χ3v) is 2.47. The maximum atomic E-state index is 13.3. The Kier molecular flexibility index (Phi) is 5.85. The van der Waals surface area contributed by atoms with Crippen LogP contribution in [-0.4, -0.2) is 34.9 Å². The molecule has 8 heteroatoms. The zero-order chi connectivity index (χ0) is 15.1. The number of carbonyl (C=O) groups excluding carboxylic acids is 1. The number of halogens is 2. The Hall–Kier alpha value is -2.22. The lowest BCUT2D eigenvalue weighted by Gasteiger charge is -2.14. The molecule has 0 aliphatic carbocycles. The second kappa shape index (κ2) is 7.39. The molecule has 1 aromatic carbocycles. The van der Waals surface area contributed by atoms with Gasteiger partial charge in [0, 0.05) is 25.1 Å². The predicted molar refractivity (Wildman–Crippen MR) is 64.9 cm³/mol. The fraction of sp³-hybridized carbons (Fsp3) is 0.333. The van der Waals surface area contributed by atoms with Gasteiger partial charge in [0.05, 0.1) is 0 Å². The molecule has 0 radical (unpaired) electrons.